The Bertz CT molecular complexity index is 125. The van der Waals surface area contributed by atoms with Crippen LogP contribution in [0.2, 0.25) is 0 Å². The van der Waals surface area contributed by atoms with Crippen LogP contribution >= 0.6 is 0 Å². The number of epoxide rings is 1. The zero-order valence-electron chi connectivity index (χ0n) is 5.17. The molecule has 0 aromatic rings. The summed E-state index contributed by atoms with van der Waals surface area (Å²) in [6.45, 7) is 1.49. The normalized spacial score (nSPS) is 22.9. The first-order chi connectivity index (χ1) is 4.43. The van der Waals surface area contributed by atoms with E-state index in [1.165, 1.54) is 6.08 Å². The molecule has 0 saturated carbocycles. The molecular formula is C6H9NO2. The molecule has 9 heavy (non-hydrogen) atoms. The summed E-state index contributed by atoms with van der Waals surface area (Å²) in [5.74, 6) is 0. The molecule has 1 fully saturated rings. The van der Waals surface area contributed by atoms with Gasteiger partial charge in [-0.3, -0.25) is 0 Å². The van der Waals surface area contributed by atoms with Crippen LogP contribution in [-0.4, -0.2) is 25.3 Å². The second-order valence-electron chi connectivity index (χ2n) is 2.07. The highest BCUT2D eigenvalue weighted by molar-refractivity contribution is 5.32. The molecule has 1 saturated heterocycles. The van der Waals surface area contributed by atoms with Gasteiger partial charge in [-0.05, 0) is 12.8 Å². The Hall–Kier alpha value is -0.660. The molecule has 0 amide bonds. The lowest BCUT2D eigenvalue weighted by Gasteiger charge is -1.86. The van der Waals surface area contributed by atoms with E-state index in [0.717, 1.165) is 19.4 Å². The third kappa shape index (κ3) is 3.01. The molecule has 3 nitrogen and oxygen atoms in total. The molecule has 0 aliphatic carbocycles. The third-order valence-corrected chi connectivity index (χ3v) is 1.26. The maximum atomic E-state index is 9.54. The number of isocyanates is 1. The molecule has 0 radical (unpaired) electrons. The van der Waals surface area contributed by atoms with Gasteiger partial charge < -0.3 is 4.74 Å². The Kier molecular flexibility index (Phi) is 2.43. The smallest absolute Gasteiger partial charge is 0.234 e. The zero-order chi connectivity index (χ0) is 6.53. The van der Waals surface area contributed by atoms with Crippen LogP contribution in [0, 0.1) is 0 Å². The fraction of sp³-hybridized carbons (Fsp3) is 0.833. The van der Waals surface area contributed by atoms with Crippen LogP contribution < -0.4 is 0 Å². The van der Waals surface area contributed by atoms with Gasteiger partial charge in [0, 0.05) is 0 Å². The molecule has 50 valence electrons. The summed E-state index contributed by atoms with van der Waals surface area (Å²) in [5, 5.41) is 0. The molecule has 0 N–H and O–H groups in total. The number of rotatable bonds is 4. The summed E-state index contributed by atoms with van der Waals surface area (Å²) < 4.78 is 4.95. The SMILES string of the molecule is O=C=NCCCC1CO1. The van der Waals surface area contributed by atoms with Crippen molar-refractivity contribution in [3.63, 3.8) is 0 Å². The molecule has 0 bridgehead atoms. The first kappa shape index (κ1) is 6.46. The van der Waals surface area contributed by atoms with Crippen LogP contribution in [0.1, 0.15) is 12.8 Å². The van der Waals surface area contributed by atoms with E-state index >= 15 is 0 Å². The van der Waals surface area contributed by atoms with Gasteiger partial charge in [-0.25, -0.2) is 9.79 Å². The van der Waals surface area contributed by atoms with Crippen LogP contribution in [0.15, 0.2) is 4.99 Å². The lowest BCUT2D eigenvalue weighted by molar-refractivity contribution is 0.393. The molecule has 0 aromatic heterocycles. The second-order valence-corrected chi connectivity index (χ2v) is 2.07. The summed E-state index contributed by atoms with van der Waals surface area (Å²) in [5.41, 5.74) is 0. The highest BCUT2D eigenvalue weighted by Crippen LogP contribution is 2.14. The zero-order valence-corrected chi connectivity index (χ0v) is 5.17. The molecule has 1 unspecified atom stereocenters. The van der Waals surface area contributed by atoms with E-state index in [0.29, 0.717) is 12.6 Å². The van der Waals surface area contributed by atoms with Crippen molar-refractivity contribution in [2.45, 2.75) is 18.9 Å². The Morgan fingerprint density at radius 3 is 3.11 bits per heavy atom. The summed E-state index contributed by atoms with van der Waals surface area (Å²) >= 11 is 0. The average molecular weight is 127 g/mol. The molecule has 0 spiro atoms. The Morgan fingerprint density at radius 2 is 2.56 bits per heavy atom. The van der Waals surface area contributed by atoms with Gasteiger partial charge in [0.25, 0.3) is 0 Å². The van der Waals surface area contributed by atoms with E-state index in [-0.39, 0.29) is 0 Å². The van der Waals surface area contributed by atoms with Gasteiger partial charge in [-0.1, -0.05) is 0 Å². The highest BCUT2D eigenvalue weighted by Gasteiger charge is 2.20. The predicted molar refractivity (Wildman–Crippen MR) is 32.0 cm³/mol. The van der Waals surface area contributed by atoms with Crippen LogP contribution in [0.4, 0.5) is 0 Å². The third-order valence-electron chi connectivity index (χ3n) is 1.26. The topological polar surface area (TPSA) is 42.0 Å². The van der Waals surface area contributed by atoms with Crippen molar-refractivity contribution >= 4 is 6.08 Å². The van der Waals surface area contributed by atoms with Crippen molar-refractivity contribution in [2.24, 2.45) is 4.99 Å². The molecule has 1 aliphatic rings. The summed E-state index contributed by atoms with van der Waals surface area (Å²) in [4.78, 5) is 13.0. The minimum absolute atomic E-state index is 0.465. The van der Waals surface area contributed by atoms with Gasteiger partial charge >= 0.3 is 0 Å². The van der Waals surface area contributed by atoms with Crippen LogP contribution in [0.5, 0.6) is 0 Å². The number of hydrogen-bond donors (Lipinski definition) is 0. The standard InChI is InChI=1S/C6H9NO2/c8-5-7-3-1-2-6-4-9-6/h6H,1-4H2. The first-order valence-electron chi connectivity index (χ1n) is 3.08. The first-order valence-corrected chi connectivity index (χ1v) is 3.08. The van der Waals surface area contributed by atoms with Crippen LogP contribution in [0.25, 0.3) is 0 Å². The fourth-order valence-corrected chi connectivity index (χ4v) is 0.678. The average Bonchev–Trinajstić information content (AvgIpc) is 2.63. The van der Waals surface area contributed by atoms with Gasteiger partial charge in [0.1, 0.15) is 0 Å². The predicted octanol–water partition coefficient (Wildman–Crippen LogP) is 0.501. The van der Waals surface area contributed by atoms with Crippen molar-refractivity contribution in [2.75, 3.05) is 13.2 Å². The van der Waals surface area contributed by atoms with Crippen molar-refractivity contribution in [1.82, 2.24) is 0 Å². The number of carbonyl (C=O) groups excluding carboxylic acids is 1. The summed E-state index contributed by atoms with van der Waals surface area (Å²) in [6.07, 6.45) is 3.94. The van der Waals surface area contributed by atoms with Crippen molar-refractivity contribution in [3.8, 4) is 0 Å². The Morgan fingerprint density at radius 1 is 1.78 bits per heavy atom. The maximum absolute atomic E-state index is 9.54. The van der Waals surface area contributed by atoms with Crippen molar-refractivity contribution < 1.29 is 9.53 Å². The molecular weight excluding hydrogens is 118 g/mol. The minimum atomic E-state index is 0.465. The van der Waals surface area contributed by atoms with Gasteiger partial charge in [0.15, 0.2) is 0 Å². The lowest BCUT2D eigenvalue weighted by Crippen LogP contribution is -1.87. The molecule has 0 aromatic carbocycles. The fourth-order valence-electron chi connectivity index (χ4n) is 0.678. The van der Waals surface area contributed by atoms with Crippen molar-refractivity contribution in [1.29, 1.82) is 0 Å². The number of ether oxygens (including phenoxy) is 1. The number of hydrogen-bond acceptors (Lipinski definition) is 3. The van der Waals surface area contributed by atoms with Gasteiger partial charge in [0.05, 0.1) is 19.3 Å². The van der Waals surface area contributed by atoms with Gasteiger partial charge in [-0.15, -0.1) is 0 Å². The Balaban J connectivity index is 1.86. The summed E-state index contributed by atoms with van der Waals surface area (Å²) in [6, 6.07) is 0. The molecule has 3 heteroatoms. The van der Waals surface area contributed by atoms with E-state index in [4.69, 9.17) is 4.74 Å². The quantitative estimate of drug-likeness (QED) is 0.239. The van der Waals surface area contributed by atoms with Crippen LogP contribution in [-0.2, 0) is 9.53 Å². The lowest BCUT2D eigenvalue weighted by atomic mass is 10.2. The maximum Gasteiger partial charge on any atom is 0.234 e. The minimum Gasteiger partial charge on any atom is -0.373 e. The number of nitrogens with zero attached hydrogens (tertiary/aromatic N) is 1. The van der Waals surface area contributed by atoms with E-state index in [1.54, 1.807) is 0 Å². The van der Waals surface area contributed by atoms with E-state index < -0.39 is 0 Å². The molecule has 1 aliphatic heterocycles. The molecule has 1 rings (SSSR count). The van der Waals surface area contributed by atoms with Gasteiger partial charge in [0.2, 0.25) is 6.08 Å². The van der Waals surface area contributed by atoms with Gasteiger partial charge in [-0.2, -0.15) is 0 Å². The molecule has 1 heterocycles. The largest absolute Gasteiger partial charge is 0.373 e. The highest BCUT2D eigenvalue weighted by atomic mass is 16.6. The van der Waals surface area contributed by atoms with E-state index in [1.807, 2.05) is 0 Å². The van der Waals surface area contributed by atoms with E-state index in [9.17, 15) is 4.79 Å². The summed E-state index contributed by atoms with van der Waals surface area (Å²) in [7, 11) is 0. The number of aliphatic imine (C=N–C) groups is 1. The monoisotopic (exact) mass is 127 g/mol. The van der Waals surface area contributed by atoms with Crippen molar-refractivity contribution in [3.05, 3.63) is 0 Å². The molecule has 1 atom stereocenters. The van der Waals surface area contributed by atoms with E-state index in [2.05, 4.69) is 4.99 Å². The Labute approximate surface area is 53.7 Å². The second kappa shape index (κ2) is 3.38. The van der Waals surface area contributed by atoms with Crippen LogP contribution in [0.3, 0.4) is 0 Å².